The molecule has 0 fully saturated rings. The molecule has 1 atom stereocenters. The number of hydrogen-bond acceptors (Lipinski definition) is 5. The van der Waals surface area contributed by atoms with Gasteiger partial charge in [-0.25, -0.2) is 9.78 Å². The van der Waals surface area contributed by atoms with Crippen molar-refractivity contribution in [2.24, 2.45) is 0 Å². The van der Waals surface area contributed by atoms with Crippen molar-refractivity contribution in [1.82, 2.24) is 15.3 Å². The Labute approximate surface area is 95.1 Å². The van der Waals surface area contributed by atoms with E-state index in [0.29, 0.717) is 0 Å². The van der Waals surface area contributed by atoms with Gasteiger partial charge >= 0.3 is 5.97 Å². The maximum absolute atomic E-state index is 11.3. The van der Waals surface area contributed by atoms with Gasteiger partial charge in [0, 0.05) is 0 Å². The monoisotopic (exact) mass is 245 g/mol. The van der Waals surface area contributed by atoms with Gasteiger partial charge in [-0.3, -0.25) is 9.78 Å². The average Bonchev–Trinajstić information content (AvgIpc) is 2.25. The fraction of sp³-hybridized carbons (Fsp3) is 0.250. The molecule has 3 N–H and O–H groups in total. The number of amides is 1. The topological polar surface area (TPSA) is 112 Å². The molecule has 86 valence electrons. The summed E-state index contributed by atoms with van der Waals surface area (Å²) in [6.07, 6.45) is 0.773. The zero-order valence-corrected chi connectivity index (χ0v) is 8.68. The third-order valence-corrected chi connectivity index (χ3v) is 1.76. The number of halogens is 1. The molecule has 0 aliphatic heterocycles. The van der Waals surface area contributed by atoms with Crippen LogP contribution in [-0.4, -0.2) is 44.7 Å². The van der Waals surface area contributed by atoms with Crippen molar-refractivity contribution in [1.29, 1.82) is 0 Å². The van der Waals surface area contributed by atoms with Crippen LogP contribution in [-0.2, 0) is 4.79 Å². The zero-order chi connectivity index (χ0) is 12.1. The van der Waals surface area contributed by atoms with Crippen LogP contribution >= 0.6 is 11.6 Å². The Morgan fingerprint density at radius 1 is 1.50 bits per heavy atom. The summed E-state index contributed by atoms with van der Waals surface area (Å²) in [7, 11) is 0. The first-order chi connectivity index (χ1) is 7.50. The minimum Gasteiger partial charge on any atom is -0.479 e. The molecule has 0 spiro atoms. The van der Waals surface area contributed by atoms with Crippen molar-refractivity contribution >= 4 is 23.5 Å². The Bertz CT molecular complexity index is 412. The molecule has 0 saturated carbocycles. The number of carboxylic acids is 1. The molecule has 0 aromatic carbocycles. The molecule has 1 amide bonds. The van der Waals surface area contributed by atoms with Gasteiger partial charge < -0.3 is 15.5 Å². The first kappa shape index (κ1) is 12.3. The van der Waals surface area contributed by atoms with Gasteiger partial charge in [0.05, 0.1) is 18.9 Å². The van der Waals surface area contributed by atoms with E-state index in [9.17, 15) is 9.59 Å². The van der Waals surface area contributed by atoms with Crippen LogP contribution in [0.5, 0.6) is 0 Å². The van der Waals surface area contributed by atoms with E-state index in [-0.39, 0.29) is 10.8 Å². The SMILES string of the molecule is O=C(NCC(O)C(=O)O)c1cncc(Cl)n1. The van der Waals surface area contributed by atoms with Crippen molar-refractivity contribution in [2.75, 3.05) is 6.54 Å². The predicted octanol–water partition coefficient (Wildman–Crippen LogP) is -0.695. The lowest BCUT2D eigenvalue weighted by Crippen LogP contribution is -2.36. The number of carboxylic acid groups (broad SMARTS) is 1. The van der Waals surface area contributed by atoms with E-state index in [2.05, 4.69) is 15.3 Å². The van der Waals surface area contributed by atoms with Gasteiger partial charge in [-0.05, 0) is 0 Å². The van der Waals surface area contributed by atoms with E-state index in [4.69, 9.17) is 21.8 Å². The summed E-state index contributed by atoms with van der Waals surface area (Å²) in [6, 6.07) is 0. The van der Waals surface area contributed by atoms with Crippen LogP contribution < -0.4 is 5.32 Å². The molecule has 1 aromatic rings. The normalized spacial score (nSPS) is 11.9. The first-order valence-electron chi connectivity index (χ1n) is 4.17. The highest BCUT2D eigenvalue weighted by Crippen LogP contribution is 2.01. The molecular weight excluding hydrogens is 238 g/mol. The first-order valence-corrected chi connectivity index (χ1v) is 4.55. The average molecular weight is 246 g/mol. The van der Waals surface area contributed by atoms with Crippen molar-refractivity contribution in [3.8, 4) is 0 Å². The molecule has 0 bridgehead atoms. The van der Waals surface area contributed by atoms with Crippen molar-refractivity contribution in [2.45, 2.75) is 6.10 Å². The lowest BCUT2D eigenvalue weighted by molar-refractivity contribution is -0.146. The second kappa shape index (κ2) is 5.38. The molecular formula is C8H8ClN3O4. The van der Waals surface area contributed by atoms with Gasteiger partial charge in [-0.2, -0.15) is 0 Å². The third kappa shape index (κ3) is 3.44. The van der Waals surface area contributed by atoms with E-state index >= 15 is 0 Å². The number of carbonyl (C=O) groups excluding carboxylic acids is 1. The van der Waals surface area contributed by atoms with Crippen LogP contribution in [0.1, 0.15) is 10.5 Å². The number of carbonyl (C=O) groups is 2. The zero-order valence-electron chi connectivity index (χ0n) is 7.92. The minimum atomic E-state index is -1.66. The van der Waals surface area contributed by atoms with Gasteiger partial charge in [-0.15, -0.1) is 0 Å². The van der Waals surface area contributed by atoms with E-state index in [1.165, 1.54) is 12.4 Å². The maximum Gasteiger partial charge on any atom is 0.334 e. The number of hydrogen-bond donors (Lipinski definition) is 3. The number of aliphatic hydroxyl groups excluding tert-OH is 1. The van der Waals surface area contributed by atoms with E-state index in [1.807, 2.05) is 0 Å². The van der Waals surface area contributed by atoms with Gasteiger partial charge in [-0.1, -0.05) is 11.6 Å². The minimum absolute atomic E-state index is 0.0476. The molecule has 0 radical (unpaired) electrons. The highest BCUT2D eigenvalue weighted by molar-refractivity contribution is 6.29. The van der Waals surface area contributed by atoms with E-state index in [1.54, 1.807) is 0 Å². The molecule has 1 aromatic heterocycles. The Kier molecular flexibility index (Phi) is 4.15. The molecule has 0 aliphatic carbocycles. The van der Waals surface area contributed by atoms with Crippen LogP contribution in [0, 0.1) is 0 Å². The number of nitrogens with one attached hydrogen (secondary N) is 1. The van der Waals surface area contributed by atoms with Crippen LogP contribution in [0.4, 0.5) is 0 Å². The van der Waals surface area contributed by atoms with Crippen molar-refractivity contribution < 1.29 is 19.8 Å². The Morgan fingerprint density at radius 3 is 2.75 bits per heavy atom. The number of rotatable bonds is 4. The number of aliphatic hydroxyl groups is 1. The molecule has 1 unspecified atom stereocenters. The number of aromatic nitrogens is 2. The van der Waals surface area contributed by atoms with Gasteiger partial charge in [0.2, 0.25) is 0 Å². The second-order valence-electron chi connectivity index (χ2n) is 2.79. The van der Waals surface area contributed by atoms with E-state index in [0.717, 1.165) is 0 Å². The molecule has 1 heterocycles. The lowest BCUT2D eigenvalue weighted by atomic mass is 10.3. The van der Waals surface area contributed by atoms with Gasteiger partial charge in [0.25, 0.3) is 5.91 Å². The van der Waals surface area contributed by atoms with Gasteiger partial charge in [0.1, 0.15) is 10.8 Å². The standard InChI is InChI=1S/C8H8ClN3O4/c9-6-3-10-1-4(12-6)7(14)11-2-5(13)8(15)16/h1,3,5,13H,2H2,(H,11,14)(H,15,16). The van der Waals surface area contributed by atoms with Gasteiger partial charge in [0.15, 0.2) is 6.10 Å². The van der Waals surface area contributed by atoms with Crippen LogP contribution in [0.3, 0.4) is 0 Å². The predicted molar refractivity (Wildman–Crippen MR) is 53.0 cm³/mol. The quantitative estimate of drug-likeness (QED) is 0.647. The van der Waals surface area contributed by atoms with Crippen LogP contribution in [0.25, 0.3) is 0 Å². The fourth-order valence-electron chi connectivity index (χ4n) is 0.819. The molecule has 8 heteroatoms. The smallest absolute Gasteiger partial charge is 0.334 e. The summed E-state index contributed by atoms with van der Waals surface area (Å²) >= 11 is 5.50. The Morgan fingerprint density at radius 2 is 2.19 bits per heavy atom. The molecule has 0 saturated heterocycles. The summed E-state index contributed by atoms with van der Waals surface area (Å²) in [5.41, 5.74) is -0.0508. The molecule has 7 nitrogen and oxygen atoms in total. The Balaban J connectivity index is 2.56. The molecule has 16 heavy (non-hydrogen) atoms. The number of aliphatic carboxylic acids is 1. The number of nitrogens with zero attached hydrogens (tertiary/aromatic N) is 2. The summed E-state index contributed by atoms with van der Waals surface area (Å²) in [5.74, 6) is -2.08. The maximum atomic E-state index is 11.3. The largest absolute Gasteiger partial charge is 0.479 e. The summed E-state index contributed by atoms with van der Waals surface area (Å²) in [5, 5.41) is 19.5. The third-order valence-electron chi connectivity index (χ3n) is 1.58. The fourth-order valence-corrected chi connectivity index (χ4v) is 0.966. The summed E-state index contributed by atoms with van der Waals surface area (Å²) in [4.78, 5) is 28.9. The van der Waals surface area contributed by atoms with Crippen molar-refractivity contribution in [3.05, 3.63) is 23.2 Å². The highest BCUT2D eigenvalue weighted by Gasteiger charge is 2.15. The second-order valence-corrected chi connectivity index (χ2v) is 3.18. The summed E-state index contributed by atoms with van der Waals surface area (Å²) < 4.78 is 0. The van der Waals surface area contributed by atoms with Crippen LogP contribution in [0.15, 0.2) is 12.4 Å². The lowest BCUT2D eigenvalue weighted by Gasteiger charge is -2.06. The summed E-state index contributed by atoms with van der Waals surface area (Å²) in [6.45, 7) is -0.414. The highest BCUT2D eigenvalue weighted by atomic mass is 35.5. The van der Waals surface area contributed by atoms with E-state index < -0.39 is 24.5 Å². The van der Waals surface area contributed by atoms with Crippen LogP contribution in [0.2, 0.25) is 5.15 Å². The van der Waals surface area contributed by atoms with Crippen molar-refractivity contribution in [3.63, 3.8) is 0 Å². The molecule has 0 aliphatic rings. The Hall–Kier alpha value is -1.73. The molecule has 1 rings (SSSR count).